The number of anilines is 1. The van der Waals surface area contributed by atoms with Crippen LogP contribution in [0.1, 0.15) is 58.3 Å². The minimum absolute atomic E-state index is 0.00541. The third-order valence-corrected chi connectivity index (χ3v) is 8.26. The van der Waals surface area contributed by atoms with Crippen molar-refractivity contribution in [1.82, 2.24) is 5.32 Å². The second kappa shape index (κ2) is 9.83. The number of carbonyl (C=O) groups is 3. The average Bonchev–Trinajstić information content (AvgIpc) is 3.10. The van der Waals surface area contributed by atoms with Crippen molar-refractivity contribution in [2.45, 2.75) is 44.9 Å². The van der Waals surface area contributed by atoms with Crippen LogP contribution in [0.4, 0.5) is 9.80 Å². The Kier molecular flexibility index (Phi) is 7.35. The molecular weight excluding hydrogens is 452 g/mol. The first-order chi connectivity index (χ1) is 15.2. The highest BCUT2D eigenvalue weighted by Gasteiger charge is 2.30. The van der Waals surface area contributed by atoms with E-state index in [1.807, 2.05) is 0 Å². The number of amides is 3. The summed E-state index contributed by atoms with van der Waals surface area (Å²) in [6, 6.07) is 5.97. The summed E-state index contributed by atoms with van der Waals surface area (Å²) in [5, 5.41) is 5.22. The normalized spacial score (nSPS) is 15.5. The van der Waals surface area contributed by atoms with E-state index < -0.39 is 27.7 Å². The van der Waals surface area contributed by atoms with Crippen molar-refractivity contribution in [2.24, 2.45) is 5.92 Å². The van der Waals surface area contributed by atoms with E-state index in [1.165, 1.54) is 30.4 Å². The summed E-state index contributed by atoms with van der Waals surface area (Å²) in [5.74, 6) is -0.994. The van der Waals surface area contributed by atoms with Crippen molar-refractivity contribution in [3.8, 4) is 0 Å². The number of benzene rings is 1. The first-order valence-electron chi connectivity index (χ1n) is 10.4. The van der Waals surface area contributed by atoms with E-state index in [0.717, 1.165) is 23.3 Å². The van der Waals surface area contributed by atoms with E-state index in [9.17, 15) is 22.8 Å². The van der Waals surface area contributed by atoms with E-state index in [1.54, 1.807) is 19.1 Å². The van der Waals surface area contributed by atoms with Gasteiger partial charge in [-0.1, -0.05) is 26.0 Å². The van der Waals surface area contributed by atoms with Gasteiger partial charge in [-0.15, -0.1) is 11.3 Å². The molecule has 1 unspecified atom stereocenters. The Hall–Kier alpha value is -2.72. The van der Waals surface area contributed by atoms with Crippen LogP contribution in [0.2, 0.25) is 0 Å². The van der Waals surface area contributed by atoms with Gasteiger partial charge in [0, 0.05) is 4.88 Å². The second-order valence-electron chi connectivity index (χ2n) is 7.58. The molecule has 1 aliphatic rings. The van der Waals surface area contributed by atoms with Gasteiger partial charge < -0.3 is 10.1 Å². The lowest BCUT2D eigenvalue weighted by molar-refractivity contribution is 0.0925. The molecule has 2 N–H and O–H groups in total. The van der Waals surface area contributed by atoms with E-state index >= 15 is 0 Å². The predicted molar refractivity (Wildman–Crippen MR) is 122 cm³/mol. The van der Waals surface area contributed by atoms with Crippen molar-refractivity contribution >= 4 is 44.1 Å². The molecule has 8 nitrogen and oxygen atoms in total. The molecule has 2 aromatic rings. The highest BCUT2D eigenvalue weighted by atomic mass is 32.2. The van der Waals surface area contributed by atoms with Gasteiger partial charge in [-0.25, -0.2) is 13.2 Å². The number of alkyl carbamates (subject to hydrolysis) is 1. The van der Waals surface area contributed by atoms with Crippen molar-refractivity contribution in [2.75, 3.05) is 17.7 Å². The molecular formula is C22H26N2O6S2. The molecule has 3 rings (SSSR count). The van der Waals surface area contributed by atoms with Crippen LogP contribution in [0.15, 0.2) is 29.2 Å². The van der Waals surface area contributed by atoms with Crippen LogP contribution < -0.4 is 10.6 Å². The van der Waals surface area contributed by atoms with E-state index in [4.69, 9.17) is 4.74 Å². The number of carbonyl (C=O) groups excluding carboxylic acids is 3. The van der Waals surface area contributed by atoms with Crippen LogP contribution in [0.5, 0.6) is 0 Å². The number of hydrogen-bond donors (Lipinski definition) is 2. The quantitative estimate of drug-likeness (QED) is 0.652. The largest absolute Gasteiger partial charge is 0.450 e. The lowest BCUT2D eigenvalue weighted by Crippen LogP contribution is -2.32. The third-order valence-electron chi connectivity index (χ3n) is 5.30. The van der Waals surface area contributed by atoms with Gasteiger partial charge in [-0.3, -0.25) is 14.9 Å². The average molecular weight is 479 g/mol. The number of imide groups is 1. The number of ether oxygens (including phenoxy) is 1. The molecule has 0 spiro atoms. The number of sulfone groups is 1. The van der Waals surface area contributed by atoms with Crippen molar-refractivity contribution in [3.05, 3.63) is 45.8 Å². The fourth-order valence-electron chi connectivity index (χ4n) is 3.65. The minimum Gasteiger partial charge on any atom is -0.450 e. The smallest absolute Gasteiger partial charge is 0.414 e. The van der Waals surface area contributed by atoms with Gasteiger partial charge in [0.25, 0.3) is 11.8 Å². The summed E-state index contributed by atoms with van der Waals surface area (Å²) < 4.78 is 29.7. The Balaban J connectivity index is 1.99. The molecule has 0 fully saturated rings. The Bertz CT molecular complexity index is 1150. The summed E-state index contributed by atoms with van der Waals surface area (Å²) in [6.45, 7) is 5.37. The molecule has 0 bridgehead atoms. The fraction of sp³-hybridized carbons (Fsp3) is 0.409. The zero-order chi connectivity index (χ0) is 23.5. The summed E-state index contributed by atoms with van der Waals surface area (Å²) in [7, 11) is -3.62. The molecule has 32 heavy (non-hydrogen) atoms. The first-order valence-corrected chi connectivity index (χ1v) is 12.9. The van der Waals surface area contributed by atoms with Gasteiger partial charge in [0.2, 0.25) is 0 Å². The first kappa shape index (κ1) is 23.9. The molecule has 1 aromatic heterocycles. The highest BCUT2D eigenvalue weighted by molar-refractivity contribution is 7.91. The van der Waals surface area contributed by atoms with E-state index in [2.05, 4.69) is 17.6 Å². The maximum atomic E-state index is 13.1. The van der Waals surface area contributed by atoms with Crippen LogP contribution in [-0.4, -0.2) is 38.7 Å². The number of hydrogen-bond acceptors (Lipinski definition) is 7. The third kappa shape index (κ3) is 5.02. The van der Waals surface area contributed by atoms with Gasteiger partial charge >= 0.3 is 6.09 Å². The second-order valence-corrected chi connectivity index (χ2v) is 10.9. The lowest BCUT2D eigenvalue weighted by atomic mass is 9.88. The van der Waals surface area contributed by atoms with Gasteiger partial charge in [0.15, 0.2) is 9.84 Å². The molecule has 0 saturated heterocycles. The molecule has 0 radical (unpaired) electrons. The Morgan fingerprint density at radius 3 is 2.56 bits per heavy atom. The monoisotopic (exact) mass is 478 g/mol. The molecule has 0 saturated carbocycles. The van der Waals surface area contributed by atoms with Crippen LogP contribution in [-0.2, 0) is 27.4 Å². The molecule has 1 aromatic carbocycles. The number of nitrogens with one attached hydrogen (secondary N) is 2. The van der Waals surface area contributed by atoms with Crippen LogP contribution in [0.3, 0.4) is 0 Å². The standard InChI is InChI=1S/C22H26N2O6S2/c1-4-30-22(27)24-20(26)18-14-11-10-13(3)12-16(14)31-21(18)23-19(25)15-8-6-7-9-17(15)32(28,29)5-2/h6-9,13H,4-5,10-12H2,1-3H3,(H,23,25)(H,24,26,27). The van der Waals surface area contributed by atoms with Crippen molar-refractivity contribution in [1.29, 1.82) is 0 Å². The zero-order valence-electron chi connectivity index (χ0n) is 18.2. The minimum atomic E-state index is -3.62. The molecule has 172 valence electrons. The summed E-state index contributed by atoms with van der Waals surface area (Å²) in [4.78, 5) is 38.7. The SMILES string of the molecule is CCOC(=O)NC(=O)c1c(NC(=O)c2ccccc2S(=O)(=O)CC)sc2c1CCC(C)C2. The lowest BCUT2D eigenvalue weighted by Gasteiger charge is -2.18. The number of rotatable bonds is 6. The topological polar surface area (TPSA) is 119 Å². The van der Waals surface area contributed by atoms with E-state index in [-0.39, 0.29) is 28.4 Å². The van der Waals surface area contributed by atoms with Gasteiger partial charge in [0.1, 0.15) is 5.00 Å². The predicted octanol–water partition coefficient (Wildman–Crippen LogP) is 3.81. The maximum absolute atomic E-state index is 13.1. The highest BCUT2D eigenvalue weighted by Crippen LogP contribution is 2.40. The number of fused-ring (bicyclic) bond motifs is 1. The Morgan fingerprint density at radius 2 is 1.88 bits per heavy atom. The van der Waals surface area contributed by atoms with Gasteiger partial charge in [0.05, 0.1) is 28.4 Å². The van der Waals surface area contributed by atoms with Crippen LogP contribution in [0.25, 0.3) is 0 Å². The molecule has 1 atom stereocenters. The molecule has 1 aliphatic carbocycles. The fourth-order valence-corrected chi connectivity index (χ4v) is 6.15. The van der Waals surface area contributed by atoms with Crippen LogP contribution >= 0.6 is 11.3 Å². The Morgan fingerprint density at radius 1 is 1.16 bits per heavy atom. The molecule has 1 heterocycles. The van der Waals surface area contributed by atoms with Crippen LogP contribution in [0, 0.1) is 5.92 Å². The van der Waals surface area contributed by atoms with Crippen molar-refractivity contribution < 1.29 is 27.5 Å². The summed E-state index contributed by atoms with van der Waals surface area (Å²) in [6.07, 6.45) is 1.43. The van der Waals surface area contributed by atoms with Gasteiger partial charge in [-0.2, -0.15) is 0 Å². The number of thiophene rings is 1. The maximum Gasteiger partial charge on any atom is 0.414 e. The molecule has 10 heteroatoms. The van der Waals surface area contributed by atoms with Gasteiger partial charge in [-0.05, 0) is 49.8 Å². The van der Waals surface area contributed by atoms with Crippen molar-refractivity contribution in [3.63, 3.8) is 0 Å². The molecule has 0 aliphatic heterocycles. The van der Waals surface area contributed by atoms with E-state index in [0.29, 0.717) is 17.3 Å². The summed E-state index contributed by atoms with van der Waals surface area (Å²) >= 11 is 1.28. The Labute approximate surface area is 191 Å². The summed E-state index contributed by atoms with van der Waals surface area (Å²) in [5.41, 5.74) is 1.04. The zero-order valence-corrected chi connectivity index (χ0v) is 19.8. The molecule has 3 amide bonds.